The van der Waals surface area contributed by atoms with E-state index in [9.17, 15) is 0 Å². The van der Waals surface area contributed by atoms with Crippen molar-refractivity contribution in [3.63, 3.8) is 0 Å². The maximum Gasteiger partial charge on any atom is 0.163 e. The average molecular weight is 847 g/mol. The van der Waals surface area contributed by atoms with Crippen LogP contribution in [-0.2, 0) is 20.8 Å². The molecule has 0 aliphatic carbocycles. The maximum atomic E-state index is 6.37. The molecule has 61 heavy (non-hydrogen) atoms. The van der Waals surface area contributed by atoms with Crippen molar-refractivity contribution in [2.75, 3.05) is 66.1 Å². The molecule has 0 saturated carbocycles. The topological polar surface area (TPSA) is 98.6 Å². The van der Waals surface area contributed by atoms with Crippen LogP contribution in [0.3, 0.4) is 0 Å². The van der Waals surface area contributed by atoms with E-state index in [4.69, 9.17) is 37.9 Å². The minimum Gasteiger partial charge on any atom is -0.490 e. The summed E-state index contributed by atoms with van der Waals surface area (Å²) in [7, 11) is 0. The third-order valence-electron chi connectivity index (χ3n) is 10.7. The maximum absolute atomic E-state index is 6.37. The lowest BCUT2D eigenvalue weighted by molar-refractivity contribution is 0.00708. The molecule has 10 heteroatoms. The van der Waals surface area contributed by atoms with Gasteiger partial charge in [-0.05, 0) is 66.9 Å². The quantitative estimate of drug-likeness (QED) is 0.0503. The number of ether oxygens (including phenoxy) is 8. The summed E-state index contributed by atoms with van der Waals surface area (Å²) in [6.45, 7) is 10.1. The van der Waals surface area contributed by atoms with E-state index in [-0.39, 0.29) is 0 Å². The zero-order valence-electron chi connectivity index (χ0n) is 37.9. The van der Waals surface area contributed by atoms with Crippen LogP contribution in [-0.4, -0.2) is 66.1 Å². The van der Waals surface area contributed by atoms with E-state index in [2.05, 4.69) is 36.2 Å². The van der Waals surface area contributed by atoms with Gasteiger partial charge in [0.2, 0.25) is 0 Å². The Morgan fingerprint density at radius 1 is 0.410 bits per heavy atom. The summed E-state index contributed by atoms with van der Waals surface area (Å²) in [5, 5.41) is 8.92. The lowest BCUT2D eigenvalue weighted by atomic mass is 10.1. The number of nitrogens with zero attached hydrogens (tertiary/aromatic N) is 2. The molecular weight excluding hydrogens is 769 g/mol. The van der Waals surface area contributed by atoms with Crippen molar-refractivity contribution < 1.29 is 37.9 Å². The van der Waals surface area contributed by atoms with Gasteiger partial charge in [0.05, 0.1) is 64.2 Å². The molecule has 1 aliphatic heterocycles. The molecule has 0 amide bonds. The van der Waals surface area contributed by atoms with Gasteiger partial charge in [0.1, 0.15) is 25.6 Å². The monoisotopic (exact) mass is 847 g/mol. The van der Waals surface area contributed by atoms with Gasteiger partial charge in [0.15, 0.2) is 23.0 Å². The summed E-state index contributed by atoms with van der Waals surface area (Å²) in [4.78, 5) is 0. The molecule has 0 unspecified atom stereocenters. The Morgan fingerprint density at radius 3 is 1.43 bits per heavy atom. The lowest BCUT2D eigenvalue weighted by Gasteiger charge is -2.15. The van der Waals surface area contributed by atoms with Crippen LogP contribution in [0.4, 0.5) is 11.4 Å². The van der Waals surface area contributed by atoms with Crippen molar-refractivity contribution in [1.29, 1.82) is 0 Å². The van der Waals surface area contributed by atoms with Crippen molar-refractivity contribution in [1.82, 2.24) is 0 Å². The molecule has 1 aliphatic rings. The largest absolute Gasteiger partial charge is 0.490 e. The molecule has 0 radical (unpaired) electrons. The Labute approximate surface area is 368 Å². The highest BCUT2D eigenvalue weighted by Crippen LogP contribution is 2.33. The Balaban J connectivity index is 1.25. The Kier molecular flexibility index (Phi) is 27.5. The van der Waals surface area contributed by atoms with Gasteiger partial charge in [-0.15, -0.1) is 0 Å². The van der Waals surface area contributed by atoms with Gasteiger partial charge in [-0.1, -0.05) is 135 Å². The Bertz CT molecular complexity index is 1550. The SMILES string of the molecule is CCCCCCCCCCCCOc1ccc(COc2ccc(N=Nc3ccc4c(c3)OCCOCCOCCOCCO4)cc2)cc1OCCCCCCCCCCCC. The summed E-state index contributed by atoms with van der Waals surface area (Å²) >= 11 is 0. The number of unbranched alkanes of at least 4 members (excludes halogenated alkanes) is 18. The third kappa shape index (κ3) is 23.2. The van der Waals surface area contributed by atoms with Gasteiger partial charge >= 0.3 is 0 Å². The van der Waals surface area contributed by atoms with Gasteiger partial charge in [0, 0.05) is 6.07 Å². The van der Waals surface area contributed by atoms with Crippen molar-refractivity contribution in [2.24, 2.45) is 10.2 Å². The van der Waals surface area contributed by atoms with Crippen molar-refractivity contribution in [3.05, 3.63) is 66.2 Å². The first-order chi connectivity index (χ1) is 30.2. The molecule has 10 nitrogen and oxygen atoms in total. The van der Waals surface area contributed by atoms with Gasteiger partial charge in [-0.25, -0.2) is 0 Å². The first-order valence-electron chi connectivity index (χ1n) is 23.9. The summed E-state index contributed by atoms with van der Waals surface area (Å²) in [6.07, 6.45) is 26.1. The first-order valence-corrected chi connectivity index (χ1v) is 23.9. The molecule has 0 bridgehead atoms. The van der Waals surface area contributed by atoms with E-state index >= 15 is 0 Å². The number of azo groups is 1. The van der Waals surface area contributed by atoms with Crippen LogP contribution >= 0.6 is 0 Å². The molecule has 0 spiro atoms. The predicted molar refractivity (Wildman–Crippen MR) is 246 cm³/mol. The van der Waals surface area contributed by atoms with Gasteiger partial charge in [0.25, 0.3) is 0 Å². The van der Waals surface area contributed by atoms with E-state index < -0.39 is 0 Å². The van der Waals surface area contributed by atoms with E-state index in [1.165, 1.54) is 116 Å². The fourth-order valence-electron chi connectivity index (χ4n) is 7.06. The summed E-state index contributed by atoms with van der Waals surface area (Å²) in [5.74, 6) is 3.58. The van der Waals surface area contributed by atoms with E-state index in [1.54, 1.807) is 0 Å². The fraction of sp³-hybridized carbons (Fsp3) is 0.647. The average Bonchev–Trinajstić information content (AvgIpc) is 3.29. The first kappa shape index (κ1) is 49.8. The molecule has 0 saturated heterocycles. The second-order valence-corrected chi connectivity index (χ2v) is 16.0. The van der Waals surface area contributed by atoms with Gasteiger partial charge in [-0.2, -0.15) is 10.2 Å². The standard InChI is InChI=1S/C51H78N2O8/c1-3-5-7-9-11-13-15-17-19-21-31-57-48-29-23-44(41-50(48)58-32-22-20-18-16-14-12-10-8-6-4-2)43-61-47-27-24-45(25-28-47)52-53-46-26-30-49-51(42-46)60-40-38-56-36-34-54-33-35-55-37-39-59-49/h23-30,41-42H,3-22,31-40,43H2,1-2H3. The number of rotatable bonds is 29. The lowest BCUT2D eigenvalue weighted by Crippen LogP contribution is -2.13. The molecule has 3 aromatic carbocycles. The molecule has 340 valence electrons. The van der Waals surface area contributed by atoms with E-state index in [0.717, 1.165) is 35.7 Å². The van der Waals surface area contributed by atoms with Crippen molar-refractivity contribution in [3.8, 4) is 28.7 Å². The number of benzene rings is 3. The van der Waals surface area contributed by atoms with Crippen LogP contribution in [0.25, 0.3) is 0 Å². The van der Waals surface area contributed by atoms with Crippen molar-refractivity contribution >= 4 is 11.4 Å². The highest BCUT2D eigenvalue weighted by Gasteiger charge is 2.11. The smallest absolute Gasteiger partial charge is 0.163 e. The van der Waals surface area contributed by atoms with E-state index in [0.29, 0.717) is 95.5 Å². The highest BCUT2D eigenvalue weighted by molar-refractivity contribution is 5.52. The Hall–Kier alpha value is -3.86. The van der Waals surface area contributed by atoms with Crippen molar-refractivity contribution in [2.45, 2.75) is 149 Å². The minimum absolute atomic E-state index is 0.375. The third-order valence-corrected chi connectivity index (χ3v) is 10.7. The number of hydrogen-bond donors (Lipinski definition) is 0. The van der Waals surface area contributed by atoms with Crippen LogP contribution in [0.1, 0.15) is 148 Å². The minimum atomic E-state index is 0.375. The zero-order valence-corrected chi connectivity index (χ0v) is 37.9. The number of fused-ring (bicyclic) bond motifs is 1. The molecule has 0 N–H and O–H groups in total. The molecule has 0 fully saturated rings. The number of hydrogen-bond acceptors (Lipinski definition) is 10. The normalized spacial score (nSPS) is 14.1. The molecule has 0 aromatic heterocycles. The molecule has 4 rings (SSSR count). The highest BCUT2D eigenvalue weighted by atomic mass is 16.6. The van der Waals surface area contributed by atoms with Gasteiger partial charge < -0.3 is 37.9 Å². The summed E-state index contributed by atoms with van der Waals surface area (Å²) in [5.41, 5.74) is 2.39. The molecule has 3 aromatic rings. The molecular formula is C51H78N2O8. The summed E-state index contributed by atoms with van der Waals surface area (Å²) < 4.78 is 47.5. The molecule has 1 heterocycles. The Morgan fingerprint density at radius 2 is 0.869 bits per heavy atom. The summed E-state index contributed by atoms with van der Waals surface area (Å²) in [6, 6.07) is 19.3. The van der Waals surface area contributed by atoms with E-state index in [1.807, 2.05) is 48.5 Å². The van der Waals surface area contributed by atoms with Crippen LogP contribution in [0.5, 0.6) is 28.7 Å². The van der Waals surface area contributed by atoms with Crippen LogP contribution < -0.4 is 23.7 Å². The second kappa shape index (κ2) is 33.7. The van der Waals surface area contributed by atoms with Crippen LogP contribution in [0, 0.1) is 0 Å². The van der Waals surface area contributed by atoms with Crippen LogP contribution in [0.15, 0.2) is 70.9 Å². The fourth-order valence-corrected chi connectivity index (χ4v) is 7.06. The second-order valence-electron chi connectivity index (χ2n) is 16.0. The zero-order chi connectivity index (χ0) is 42.7. The van der Waals surface area contributed by atoms with Crippen LogP contribution in [0.2, 0.25) is 0 Å². The predicted octanol–water partition coefficient (Wildman–Crippen LogP) is 14.1. The van der Waals surface area contributed by atoms with Gasteiger partial charge in [-0.3, -0.25) is 0 Å². The molecule has 0 atom stereocenters.